The molecule has 80 valence electrons. The van der Waals surface area contributed by atoms with Gasteiger partial charge in [-0.05, 0) is 6.92 Å². The molecule has 7 heteroatoms. The Kier molecular flexibility index (Phi) is 4.76. The van der Waals surface area contributed by atoms with Crippen molar-refractivity contribution >= 4 is 11.9 Å². The van der Waals surface area contributed by atoms with Crippen molar-refractivity contribution in [3.8, 4) is 12.1 Å². The molecular weight excluding hydrogens is 207 g/mol. The molecule has 0 saturated heterocycles. The van der Waals surface area contributed by atoms with Crippen LogP contribution in [0.25, 0.3) is 0 Å². The van der Waals surface area contributed by atoms with Gasteiger partial charge in [0, 0.05) is 0 Å². The fourth-order valence-electron chi connectivity index (χ4n) is 0.550. The van der Waals surface area contributed by atoms with Crippen LogP contribution in [0, 0.1) is 22.7 Å². The van der Waals surface area contributed by atoms with Crippen LogP contribution in [0.15, 0.2) is 0 Å². The molecule has 15 heavy (non-hydrogen) atoms. The van der Waals surface area contributed by atoms with E-state index in [-0.39, 0.29) is 0 Å². The molecule has 0 aromatic rings. The number of hydrogen-bond acceptors (Lipinski definition) is 6. The maximum atomic E-state index is 13.4. The summed E-state index contributed by atoms with van der Waals surface area (Å²) in [5, 5.41) is 16.1. The van der Waals surface area contributed by atoms with Gasteiger partial charge in [0.15, 0.2) is 13.2 Å². The molecule has 0 aliphatic carbocycles. The molecular formula is C8H7FN2O4. The van der Waals surface area contributed by atoms with E-state index in [2.05, 4.69) is 9.47 Å². The van der Waals surface area contributed by atoms with E-state index < -0.39 is 30.8 Å². The van der Waals surface area contributed by atoms with Crippen molar-refractivity contribution in [2.24, 2.45) is 0 Å². The highest BCUT2D eigenvalue weighted by Gasteiger charge is 2.45. The number of carbonyl (C=O) groups is 2. The second-order valence-corrected chi connectivity index (χ2v) is 2.47. The van der Waals surface area contributed by atoms with E-state index in [0.29, 0.717) is 6.92 Å². The molecule has 0 heterocycles. The Bertz CT molecular complexity index is 308. The summed E-state index contributed by atoms with van der Waals surface area (Å²) < 4.78 is 21.6. The summed E-state index contributed by atoms with van der Waals surface area (Å²) in [5.41, 5.74) is -3.01. The molecule has 0 aromatic heterocycles. The van der Waals surface area contributed by atoms with Gasteiger partial charge in [-0.3, -0.25) is 0 Å². The first-order chi connectivity index (χ1) is 6.96. The van der Waals surface area contributed by atoms with Crippen LogP contribution in [0.1, 0.15) is 6.92 Å². The molecule has 0 saturated carbocycles. The van der Waals surface area contributed by atoms with Gasteiger partial charge < -0.3 is 9.47 Å². The maximum Gasteiger partial charge on any atom is 0.356 e. The highest BCUT2D eigenvalue weighted by atomic mass is 19.1. The van der Waals surface area contributed by atoms with E-state index in [0.717, 1.165) is 0 Å². The van der Waals surface area contributed by atoms with E-state index >= 15 is 0 Å². The normalized spacial score (nSPS) is 9.60. The second kappa shape index (κ2) is 5.55. The van der Waals surface area contributed by atoms with Crippen molar-refractivity contribution in [1.82, 2.24) is 0 Å². The first-order valence-electron chi connectivity index (χ1n) is 3.74. The first-order valence-corrected chi connectivity index (χ1v) is 3.74. The van der Waals surface area contributed by atoms with Crippen LogP contribution in [0.4, 0.5) is 4.39 Å². The number of nitrogens with zero attached hydrogens (tertiary/aromatic N) is 2. The predicted octanol–water partition coefficient (Wildman–Crippen LogP) is -0.152. The number of ether oxygens (including phenoxy) is 2. The van der Waals surface area contributed by atoms with Crippen molar-refractivity contribution < 1.29 is 23.5 Å². The second-order valence-electron chi connectivity index (χ2n) is 2.47. The van der Waals surface area contributed by atoms with Crippen LogP contribution in [0.3, 0.4) is 0 Å². The number of alkyl halides is 1. The van der Waals surface area contributed by atoms with Crippen molar-refractivity contribution in [1.29, 1.82) is 10.5 Å². The minimum Gasteiger partial charge on any atom is -0.447 e. The Morgan fingerprint density at radius 1 is 1.20 bits per heavy atom. The van der Waals surface area contributed by atoms with Gasteiger partial charge >= 0.3 is 11.9 Å². The molecule has 6 nitrogen and oxygen atoms in total. The summed E-state index contributed by atoms with van der Waals surface area (Å²) >= 11 is 0. The molecule has 0 aromatic carbocycles. The Morgan fingerprint density at radius 3 is 1.80 bits per heavy atom. The predicted molar refractivity (Wildman–Crippen MR) is 42.7 cm³/mol. The summed E-state index contributed by atoms with van der Waals surface area (Å²) in [6.45, 7) is -0.694. The molecule has 0 bridgehead atoms. The van der Waals surface area contributed by atoms with Crippen LogP contribution >= 0.6 is 0 Å². The van der Waals surface area contributed by atoms with Crippen LogP contribution in [-0.2, 0) is 19.1 Å². The van der Waals surface area contributed by atoms with Crippen LogP contribution in [0.2, 0.25) is 0 Å². The monoisotopic (exact) mass is 214 g/mol. The molecule has 0 N–H and O–H groups in total. The number of halogens is 1. The lowest BCUT2D eigenvalue weighted by atomic mass is 10.1. The van der Waals surface area contributed by atoms with Crippen LogP contribution in [-0.4, -0.2) is 30.8 Å². The molecule has 0 radical (unpaired) electrons. The van der Waals surface area contributed by atoms with Crippen molar-refractivity contribution in [2.45, 2.75) is 12.6 Å². The van der Waals surface area contributed by atoms with Crippen LogP contribution < -0.4 is 0 Å². The number of carbonyl (C=O) groups excluding carboxylic acids is 2. The van der Waals surface area contributed by atoms with E-state index in [9.17, 15) is 14.0 Å². The van der Waals surface area contributed by atoms with Crippen molar-refractivity contribution in [2.75, 3.05) is 13.2 Å². The fraction of sp³-hybridized carbons (Fsp3) is 0.500. The fourth-order valence-corrected chi connectivity index (χ4v) is 0.550. The summed E-state index contributed by atoms with van der Waals surface area (Å²) in [5.74, 6) is -3.04. The molecule has 0 atom stereocenters. The topological polar surface area (TPSA) is 100 Å². The number of hydrogen-bond donors (Lipinski definition) is 0. The maximum absolute atomic E-state index is 13.4. The van der Waals surface area contributed by atoms with Gasteiger partial charge in [0.05, 0.1) is 0 Å². The van der Waals surface area contributed by atoms with E-state index in [1.54, 1.807) is 0 Å². The smallest absolute Gasteiger partial charge is 0.356 e. The van der Waals surface area contributed by atoms with Crippen LogP contribution in [0.5, 0.6) is 0 Å². The van der Waals surface area contributed by atoms with Gasteiger partial charge in [-0.1, -0.05) is 0 Å². The highest BCUT2D eigenvalue weighted by molar-refractivity contribution is 6.03. The summed E-state index contributed by atoms with van der Waals surface area (Å²) in [6.07, 6.45) is 0. The van der Waals surface area contributed by atoms with Crippen molar-refractivity contribution in [3.63, 3.8) is 0 Å². The molecule has 0 unspecified atom stereocenters. The summed E-state index contributed by atoms with van der Waals surface area (Å²) in [4.78, 5) is 21.8. The van der Waals surface area contributed by atoms with Gasteiger partial charge in [-0.2, -0.15) is 10.5 Å². The van der Waals surface area contributed by atoms with E-state index in [1.165, 1.54) is 12.1 Å². The third-order valence-corrected chi connectivity index (χ3v) is 1.30. The Hall–Kier alpha value is -2.15. The lowest BCUT2D eigenvalue weighted by molar-refractivity contribution is -0.171. The van der Waals surface area contributed by atoms with Crippen molar-refractivity contribution in [3.05, 3.63) is 0 Å². The molecule has 0 spiro atoms. The standard InChI is InChI=1S/C8H7FN2O4/c1-8(9,6(12)14-4-2-10)7(13)15-5-3-11/h4-5H2,1H3. The van der Waals surface area contributed by atoms with E-state index in [4.69, 9.17) is 10.5 Å². The van der Waals surface area contributed by atoms with Gasteiger partial charge in [0.1, 0.15) is 12.1 Å². The quantitative estimate of drug-likeness (QED) is 0.476. The molecule has 0 fully saturated rings. The molecule has 0 rings (SSSR count). The minimum atomic E-state index is -3.01. The number of rotatable bonds is 4. The molecule has 0 amide bonds. The highest BCUT2D eigenvalue weighted by Crippen LogP contribution is 2.14. The zero-order chi connectivity index (χ0) is 11.9. The first kappa shape index (κ1) is 12.8. The number of nitriles is 2. The lowest BCUT2D eigenvalue weighted by Crippen LogP contribution is -2.42. The largest absolute Gasteiger partial charge is 0.447 e. The number of esters is 2. The summed E-state index contributed by atoms with van der Waals surface area (Å²) in [6, 6.07) is 2.88. The Balaban J connectivity index is 4.40. The zero-order valence-electron chi connectivity index (χ0n) is 7.82. The minimum absolute atomic E-state index is 0.631. The van der Waals surface area contributed by atoms with Gasteiger partial charge in [0.25, 0.3) is 5.67 Å². The van der Waals surface area contributed by atoms with Gasteiger partial charge in [0.2, 0.25) is 0 Å². The zero-order valence-corrected chi connectivity index (χ0v) is 7.82. The third kappa shape index (κ3) is 3.61. The summed E-state index contributed by atoms with van der Waals surface area (Å²) in [7, 11) is 0. The van der Waals surface area contributed by atoms with E-state index in [1.807, 2.05) is 0 Å². The van der Waals surface area contributed by atoms with Gasteiger partial charge in [-0.25, -0.2) is 14.0 Å². The average molecular weight is 214 g/mol. The Labute approximate surface area is 84.8 Å². The lowest BCUT2D eigenvalue weighted by Gasteiger charge is -2.14. The van der Waals surface area contributed by atoms with Gasteiger partial charge in [-0.15, -0.1) is 0 Å². The third-order valence-electron chi connectivity index (χ3n) is 1.30. The Morgan fingerprint density at radius 2 is 1.53 bits per heavy atom. The molecule has 0 aliphatic rings. The SMILES string of the molecule is CC(F)(C(=O)OCC#N)C(=O)OCC#N. The molecule has 0 aliphatic heterocycles. The average Bonchev–Trinajstić information content (AvgIpc) is 2.21.